The normalized spacial score (nSPS) is 6.60. The molecule has 0 unspecified atom stereocenters. The van der Waals surface area contributed by atoms with Crippen molar-refractivity contribution < 1.29 is 4.79 Å². The van der Waals surface area contributed by atoms with E-state index in [0.29, 0.717) is 0 Å². The van der Waals surface area contributed by atoms with Gasteiger partial charge < -0.3 is 5.73 Å². The number of hydrogen-bond donors (Lipinski definition) is 3. The maximum atomic E-state index is 9.35. The lowest BCUT2D eigenvalue weighted by atomic mass is 11.3. The summed E-state index contributed by atoms with van der Waals surface area (Å²) in [4.78, 5) is 9.35. The Morgan fingerprint density at radius 1 is 1.80 bits per heavy atom. The van der Waals surface area contributed by atoms with Gasteiger partial charge in [-0.15, -0.1) is 0 Å². The minimum atomic E-state index is -0.718. The molecular formula is CH5N3O. The highest BCUT2D eigenvalue weighted by atomic mass is 16.3. The Morgan fingerprint density at radius 2 is 2.00 bits per heavy atom. The molecule has 0 spiro atoms. The van der Waals surface area contributed by atoms with Gasteiger partial charge in [-0.25, -0.2) is 10.6 Å². The van der Waals surface area contributed by atoms with Crippen molar-refractivity contribution in [2.75, 3.05) is 0 Å². The van der Waals surface area contributed by atoms with E-state index < -0.39 is 6.03 Å². The Labute approximate surface area is 29.1 Å². The summed E-state index contributed by atoms with van der Waals surface area (Å²) in [6, 6.07) is -0.718. The van der Waals surface area contributed by atoms with Gasteiger partial charge in [0, 0.05) is 0 Å². The van der Waals surface area contributed by atoms with Crippen LogP contribution in [0.25, 0.3) is 0 Å². The third-order valence-corrected chi connectivity index (χ3v) is 0.142. The molecule has 0 radical (unpaired) electrons. The van der Waals surface area contributed by atoms with Crippen LogP contribution in [0.4, 0.5) is 4.79 Å². The topological polar surface area (TPSA) is 81.1 Å². The van der Waals surface area contributed by atoms with Gasteiger partial charge in [0.05, 0.1) is 0 Å². The standard InChI is InChI=1S/CH5N3O/c2-1(5)4-3/h3H2,(H3,2,4,5)/i3+1,4+1. The van der Waals surface area contributed by atoms with Crippen LogP contribution in [0.3, 0.4) is 0 Å². The van der Waals surface area contributed by atoms with Crippen molar-refractivity contribution >= 4 is 6.03 Å². The Morgan fingerprint density at radius 3 is 2.00 bits per heavy atom. The van der Waals surface area contributed by atoms with Crippen molar-refractivity contribution in [2.45, 2.75) is 0 Å². The molecule has 2 amide bonds. The molecule has 30 valence electrons. The van der Waals surface area contributed by atoms with Gasteiger partial charge in [-0.1, -0.05) is 0 Å². The monoisotopic (exact) mass is 77.0 g/mol. The van der Waals surface area contributed by atoms with Crippen LogP contribution in [-0.2, 0) is 0 Å². The average molecular weight is 77.1 g/mol. The predicted molar refractivity (Wildman–Crippen MR) is 16.9 cm³/mol. The number of hydrogen-bond acceptors (Lipinski definition) is 2. The summed E-state index contributed by atoms with van der Waals surface area (Å²) >= 11 is 0. The van der Waals surface area contributed by atoms with Crippen LogP contribution in [0, 0.1) is 0 Å². The number of hydrazine groups is 1. The summed E-state index contributed by atoms with van der Waals surface area (Å²) in [6.07, 6.45) is 0. The van der Waals surface area contributed by atoms with E-state index in [2.05, 4.69) is 11.6 Å². The molecule has 0 rings (SSSR count). The lowest BCUT2D eigenvalue weighted by molar-refractivity contribution is 0.249. The third kappa shape index (κ3) is 3.23. The van der Waals surface area contributed by atoms with Gasteiger partial charge in [0.25, 0.3) is 0 Å². The molecule has 0 heterocycles. The molecule has 0 aromatic rings. The molecule has 0 aliphatic carbocycles. The Kier molecular flexibility index (Phi) is 1.30. The van der Waals surface area contributed by atoms with E-state index in [9.17, 15) is 4.79 Å². The summed E-state index contributed by atoms with van der Waals surface area (Å²) in [5.41, 5.74) is 6.08. The number of nitrogens with two attached hydrogens (primary N) is 2. The van der Waals surface area contributed by atoms with Crippen molar-refractivity contribution in [1.29, 1.82) is 0 Å². The van der Waals surface area contributed by atoms with Crippen LogP contribution in [0.15, 0.2) is 0 Å². The molecular weight excluding hydrogens is 72.0 g/mol. The second kappa shape index (κ2) is 1.54. The van der Waals surface area contributed by atoms with E-state index >= 15 is 0 Å². The smallest absolute Gasteiger partial charge is 0.326 e. The fraction of sp³-hybridized carbons (Fsp3) is 0. The first-order valence-corrected chi connectivity index (χ1v) is 1.03. The minimum absolute atomic E-state index is 0.718. The molecule has 0 aromatic heterocycles. The van der Waals surface area contributed by atoms with E-state index in [1.807, 2.05) is 0 Å². The highest BCUT2D eigenvalue weighted by Gasteiger charge is 1.73. The fourth-order valence-electron chi connectivity index (χ4n) is 0. The molecule has 0 aromatic carbocycles. The fourth-order valence-corrected chi connectivity index (χ4v) is 0. The van der Waals surface area contributed by atoms with E-state index in [1.54, 1.807) is 5.43 Å². The highest BCUT2D eigenvalue weighted by molar-refractivity contribution is 5.70. The van der Waals surface area contributed by atoms with Crippen LogP contribution >= 0.6 is 0 Å². The minimum Gasteiger partial charge on any atom is -0.351 e. The molecule has 0 bridgehead atoms. The lowest BCUT2D eigenvalue weighted by Gasteiger charge is -1.81. The van der Waals surface area contributed by atoms with Gasteiger partial charge in [0.1, 0.15) is 0 Å². The molecule has 4 heteroatoms. The van der Waals surface area contributed by atoms with Gasteiger partial charge in [-0.3, -0.25) is 5.43 Å². The van der Waals surface area contributed by atoms with Crippen molar-refractivity contribution in [3.05, 3.63) is 0 Å². The predicted octanol–water partition coefficient (Wildman–Crippen LogP) is -1.47. The number of primary amides is 1. The molecule has 0 saturated heterocycles. The van der Waals surface area contributed by atoms with Crippen LogP contribution in [-0.4, -0.2) is 6.03 Å². The van der Waals surface area contributed by atoms with Gasteiger partial charge >= 0.3 is 6.03 Å². The van der Waals surface area contributed by atoms with Crippen molar-refractivity contribution in [3.8, 4) is 0 Å². The number of rotatable bonds is 0. The Bertz CT molecular complexity index is 42.2. The molecule has 4 nitrogen and oxygen atoms in total. The summed E-state index contributed by atoms with van der Waals surface area (Å²) in [7, 11) is 0. The van der Waals surface area contributed by atoms with E-state index in [4.69, 9.17) is 0 Å². The molecule has 0 atom stereocenters. The zero-order chi connectivity index (χ0) is 4.28. The van der Waals surface area contributed by atoms with E-state index in [1.165, 1.54) is 0 Å². The number of carbonyl (C=O) groups is 1. The second-order valence-electron chi connectivity index (χ2n) is 0.509. The number of nitrogens with one attached hydrogen (secondary N) is 1. The first-order chi connectivity index (χ1) is 2.27. The molecule has 0 aliphatic heterocycles. The summed E-state index contributed by atoms with van der Waals surface area (Å²) in [5, 5.41) is 0. The zero-order valence-corrected chi connectivity index (χ0v) is 2.56. The molecule has 0 saturated carbocycles. The van der Waals surface area contributed by atoms with E-state index in [-0.39, 0.29) is 0 Å². The number of amides is 2. The summed E-state index contributed by atoms with van der Waals surface area (Å²) in [6.45, 7) is 0. The molecule has 5 N–H and O–H groups in total. The van der Waals surface area contributed by atoms with Crippen LogP contribution < -0.4 is 17.0 Å². The average Bonchev–Trinajstić information content (AvgIpc) is 1.38. The van der Waals surface area contributed by atoms with E-state index in [0.717, 1.165) is 0 Å². The van der Waals surface area contributed by atoms with Crippen molar-refractivity contribution in [1.82, 2.24) is 5.43 Å². The maximum absolute atomic E-state index is 9.35. The quantitative estimate of drug-likeness (QED) is 0.143. The van der Waals surface area contributed by atoms with Crippen molar-refractivity contribution in [3.63, 3.8) is 0 Å². The summed E-state index contributed by atoms with van der Waals surface area (Å²) < 4.78 is 0. The van der Waals surface area contributed by atoms with Crippen molar-refractivity contribution in [2.24, 2.45) is 11.6 Å². The zero-order valence-electron chi connectivity index (χ0n) is 2.56. The van der Waals surface area contributed by atoms with Crippen LogP contribution in [0.1, 0.15) is 0 Å². The maximum Gasteiger partial charge on any atom is 0.326 e. The third-order valence-electron chi connectivity index (χ3n) is 0.142. The first-order valence-electron chi connectivity index (χ1n) is 1.03. The Hall–Kier alpha value is -0.770. The van der Waals surface area contributed by atoms with Gasteiger partial charge in [-0.2, -0.15) is 0 Å². The molecule has 0 fully saturated rings. The second-order valence-corrected chi connectivity index (χ2v) is 0.509. The van der Waals surface area contributed by atoms with Crippen LogP contribution in [0.2, 0.25) is 0 Å². The molecule has 0 aliphatic rings. The molecule has 5 heavy (non-hydrogen) atoms. The van der Waals surface area contributed by atoms with Gasteiger partial charge in [0.15, 0.2) is 0 Å². The lowest BCUT2D eigenvalue weighted by Crippen LogP contribution is -2.34. The van der Waals surface area contributed by atoms with Gasteiger partial charge in [0.2, 0.25) is 0 Å². The van der Waals surface area contributed by atoms with Crippen LogP contribution in [0.5, 0.6) is 0 Å². The number of carbonyl (C=O) groups excluding carboxylic acids is 1. The SMILES string of the molecule is NC(=O)[15NH][15NH2]. The summed E-state index contributed by atoms with van der Waals surface area (Å²) in [5.74, 6) is 4.45. The van der Waals surface area contributed by atoms with Gasteiger partial charge in [-0.05, 0) is 0 Å². The largest absolute Gasteiger partial charge is 0.351 e. The number of urea groups is 1. The first kappa shape index (κ1) is 4.23. The Balaban J connectivity index is 2.85. The highest BCUT2D eigenvalue weighted by Crippen LogP contribution is 1.34.